The van der Waals surface area contributed by atoms with E-state index in [0.717, 1.165) is 5.56 Å². The minimum absolute atomic E-state index is 0.124. The van der Waals surface area contributed by atoms with Crippen molar-refractivity contribution < 1.29 is 24.2 Å². The summed E-state index contributed by atoms with van der Waals surface area (Å²) >= 11 is 1.22. The van der Waals surface area contributed by atoms with Gasteiger partial charge in [0.05, 0.1) is 36.1 Å². The second-order valence-electron chi connectivity index (χ2n) is 6.95. The third kappa shape index (κ3) is 4.75. The second-order valence-corrected chi connectivity index (χ2v) is 7.96. The topological polar surface area (TPSA) is 88.4 Å². The number of rotatable bonds is 6. The molecule has 1 saturated heterocycles. The SMILES string of the molecule is COc1ccc(/C=C2\SC(=Nc3cccc(C(=O)O)c3)N(c3ccccc3)C2=O)cc1OC. The van der Waals surface area contributed by atoms with Crippen LogP contribution in [-0.2, 0) is 4.79 Å². The maximum atomic E-state index is 13.4. The number of carbonyl (C=O) groups is 2. The fraction of sp³-hybridized carbons (Fsp3) is 0.0800. The van der Waals surface area contributed by atoms with Gasteiger partial charge in [-0.15, -0.1) is 0 Å². The summed E-state index contributed by atoms with van der Waals surface area (Å²) in [7, 11) is 3.11. The minimum atomic E-state index is -1.04. The fourth-order valence-electron chi connectivity index (χ4n) is 3.27. The first-order valence-corrected chi connectivity index (χ1v) is 10.7. The van der Waals surface area contributed by atoms with Gasteiger partial charge in [0.15, 0.2) is 16.7 Å². The van der Waals surface area contributed by atoms with Crippen LogP contribution < -0.4 is 14.4 Å². The van der Waals surface area contributed by atoms with Crippen LogP contribution in [0, 0.1) is 0 Å². The normalized spacial score (nSPS) is 15.8. The van der Waals surface area contributed by atoms with Crippen LogP contribution in [0.3, 0.4) is 0 Å². The number of amidine groups is 1. The third-order valence-electron chi connectivity index (χ3n) is 4.84. The molecule has 0 radical (unpaired) electrons. The molecule has 0 saturated carbocycles. The maximum absolute atomic E-state index is 13.4. The van der Waals surface area contributed by atoms with Crippen molar-refractivity contribution in [2.75, 3.05) is 19.1 Å². The summed E-state index contributed by atoms with van der Waals surface area (Å²) in [6, 6.07) is 20.9. The zero-order valence-corrected chi connectivity index (χ0v) is 18.7. The summed E-state index contributed by atoms with van der Waals surface area (Å²) in [5.74, 6) is -0.117. The van der Waals surface area contributed by atoms with Gasteiger partial charge in [0, 0.05) is 0 Å². The first kappa shape index (κ1) is 22.2. The summed E-state index contributed by atoms with van der Waals surface area (Å²) in [6.07, 6.45) is 1.76. The molecule has 1 amide bonds. The van der Waals surface area contributed by atoms with Crippen molar-refractivity contribution in [2.24, 2.45) is 4.99 Å². The molecule has 0 unspecified atom stereocenters. The van der Waals surface area contributed by atoms with Gasteiger partial charge in [0.25, 0.3) is 5.91 Å². The van der Waals surface area contributed by atoms with Crippen LogP contribution in [-0.4, -0.2) is 36.4 Å². The van der Waals surface area contributed by atoms with Crippen molar-refractivity contribution in [2.45, 2.75) is 0 Å². The molecule has 33 heavy (non-hydrogen) atoms. The minimum Gasteiger partial charge on any atom is -0.493 e. The number of aromatic carboxylic acids is 1. The molecule has 1 aliphatic heterocycles. The van der Waals surface area contributed by atoms with Crippen LogP contribution in [0.15, 0.2) is 82.7 Å². The lowest BCUT2D eigenvalue weighted by molar-refractivity contribution is -0.113. The van der Waals surface area contributed by atoms with E-state index in [0.29, 0.717) is 32.9 Å². The molecule has 0 atom stereocenters. The molecule has 0 aromatic heterocycles. The number of hydrogen-bond acceptors (Lipinski definition) is 6. The van der Waals surface area contributed by atoms with Gasteiger partial charge in [-0.05, 0) is 65.9 Å². The van der Waals surface area contributed by atoms with Crippen LogP contribution in [0.1, 0.15) is 15.9 Å². The monoisotopic (exact) mass is 460 g/mol. The van der Waals surface area contributed by atoms with Gasteiger partial charge in [0.1, 0.15) is 0 Å². The molecule has 0 bridgehead atoms. The molecule has 166 valence electrons. The molecule has 1 heterocycles. The van der Waals surface area contributed by atoms with Gasteiger partial charge in [-0.25, -0.2) is 9.79 Å². The highest BCUT2D eigenvalue weighted by Crippen LogP contribution is 2.38. The van der Waals surface area contributed by atoms with Crippen molar-refractivity contribution in [1.82, 2.24) is 0 Å². The molecule has 0 spiro atoms. The van der Waals surface area contributed by atoms with E-state index in [1.54, 1.807) is 44.6 Å². The Morgan fingerprint density at radius 1 is 0.970 bits per heavy atom. The molecule has 8 heteroatoms. The van der Waals surface area contributed by atoms with Crippen molar-refractivity contribution in [3.8, 4) is 11.5 Å². The first-order valence-electron chi connectivity index (χ1n) is 9.93. The largest absolute Gasteiger partial charge is 0.493 e. The lowest BCUT2D eigenvalue weighted by atomic mass is 10.2. The van der Waals surface area contributed by atoms with Gasteiger partial charge in [-0.2, -0.15) is 0 Å². The van der Waals surface area contributed by atoms with Crippen LogP contribution >= 0.6 is 11.8 Å². The molecular formula is C25H20N2O5S. The Labute approximate surface area is 195 Å². The van der Waals surface area contributed by atoms with Crippen LogP contribution in [0.4, 0.5) is 11.4 Å². The Balaban J connectivity index is 1.76. The van der Waals surface area contributed by atoms with E-state index in [-0.39, 0.29) is 11.5 Å². The molecule has 3 aromatic rings. The number of aliphatic imine (C=N–C) groups is 1. The highest BCUT2D eigenvalue weighted by Gasteiger charge is 2.34. The second kappa shape index (κ2) is 9.62. The number of methoxy groups -OCH3 is 2. The highest BCUT2D eigenvalue weighted by molar-refractivity contribution is 8.19. The first-order chi connectivity index (χ1) is 16.0. The molecule has 7 nitrogen and oxygen atoms in total. The summed E-state index contributed by atoms with van der Waals surface area (Å²) in [5, 5.41) is 9.71. The summed E-state index contributed by atoms with van der Waals surface area (Å²) < 4.78 is 10.6. The van der Waals surface area contributed by atoms with E-state index < -0.39 is 5.97 Å². The Morgan fingerprint density at radius 3 is 2.42 bits per heavy atom. The lowest BCUT2D eigenvalue weighted by Gasteiger charge is -2.15. The Kier molecular flexibility index (Phi) is 6.46. The number of nitrogens with zero attached hydrogens (tertiary/aromatic N) is 2. The predicted octanol–water partition coefficient (Wildman–Crippen LogP) is 5.21. The van der Waals surface area contributed by atoms with Gasteiger partial charge >= 0.3 is 5.97 Å². The molecule has 1 fully saturated rings. The Hall–Kier alpha value is -4.04. The van der Waals surface area contributed by atoms with Crippen molar-refractivity contribution in [1.29, 1.82) is 0 Å². The van der Waals surface area contributed by atoms with Crippen LogP contribution in [0.5, 0.6) is 11.5 Å². The maximum Gasteiger partial charge on any atom is 0.335 e. The zero-order chi connectivity index (χ0) is 23.4. The van der Waals surface area contributed by atoms with E-state index in [1.165, 1.54) is 28.8 Å². The Morgan fingerprint density at radius 2 is 1.73 bits per heavy atom. The Bertz CT molecular complexity index is 1270. The number of para-hydroxylation sites is 1. The van der Waals surface area contributed by atoms with Gasteiger partial charge in [-0.1, -0.05) is 30.3 Å². The molecule has 0 aliphatic carbocycles. The standard InChI is InChI=1S/C25H20N2O5S/c1-31-20-12-11-16(13-21(20)32-2)14-22-23(28)27(19-9-4-3-5-10-19)25(33-22)26-18-8-6-7-17(15-18)24(29)30/h3-15H,1-2H3,(H,29,30)/b22-14-,26-25?. The lowest BCUT2D eigenvalue weighted by Crippen LogP contribution is -2.28. The van der Waals surface area contributed by atoms with Gasteiger partial charge in [0.2, 0.25) is 0 Å². The number of ether oxygens (including phenoxy) is 2. The number of anilines is 1. The predicted molar refractivity (Wildman–Crippen MR) is 130 cm³/mol. The third-order valence-corrected chi connectivity index (χ3v) is 5.81. The molecule has 4 rings (SSSR count). The average Bonchev–Trinajstić information content (AvgIpc) is 3.13. The van der Waals surface area contributed by atoms with Crippen molar-refractivity contribution in [3.05, 3.63) is 88.8 Å². The van der Waals surface area contributed by atoms with Crippen molar-refractivity contribution >= 4 is 46.3 Å². The molecule has 1 aliphatic rings. The van der Waals surface area contributed by atoms with E-state index >= 15 is 0 Å². The number of thioether (sulfide) groups is 1. The van der Waals surface area contributed by atoms with E-state index in [4.69, 9.17) is 9.47 Å². The summed E-state index contributed by atoms with van der Waals surface area (Å²) in [5.41, 5.74) is 2.00. The molecule has 3 aromatic carbocycles. The fourth-order valence-corrected chi connectivity index (χ4v) is 4.27. The smallest absolute Gasteiger partial charge is 0.335 e. The zero-order valence-electron chi connectivity index (χ0n) is 17.9. The van der Waals surface area contributed by atoms with E-state index in [9.17, 15) is 14.7 Å². The number of carboxylic acids is 1. The highest BCUT2D eigenvalue weighted by atomic mass is 32.2. The molecule has 1 N–H and O–H groups in total. The number of carbonyl (C=O) groups excluding carboxylic acids is 1. The number of amides is 1. The quantitative estimate of drug-likeness (QED) is 0.508. The van der Waals surface area contributed by atoms with Gasteiger partial charge in [-0.3, -0.25) is 9.69 Å². The van der Waals surface area contributed by atoms with E-state index in [2.05, 4.69) is 4.99 Å². The summed E-state index contributed by atoms with van der Waals surface area (Å²) in [4.78, 5) is 31.3. The summed E-state index contributed by atoms with van der Waals surface area (Å²) in [6.45, 7) is 0. The average molecular weight is 461 g/mol. The molecular weight excluding hydrogens is 440 g/mol. The van der Waals surface area contributed by atoms with Crippen LogP contribution in [0.25, 0.3) is 6.08 Å². The van der Waals surface area contributed by atoms with Gasteiger partial charge < -0.3 is 14.6 Å². The van der Waals surface area contributed by atoms with Crippen LogP contribution in [0.2, 0.25) is 0 Å². The number of hydrogen-bond donors (Lipinski definition) is 1. The number of benzene rings is 3. The number of carboxylic acid groups (broad SMARTS) is 1. The van der Waals surface area contributed by atoms with Crippen molar-refractivity contribution in [3.63, 3.8) is 0 Å². The van der Waals surface area contributed by atoms with E-state index in [1.807, 2.05) is 36.4 Å².